The predicted octanol–water partition coefficient (Wildman–Crippen LogP) is 5.50. The predicted molar refractivity (Wildman–Crippen MR) is 123 cm³/mol. The maximum atomic E-state index is 12.4. The molecule has 1 N–H and O–H groups in total. The van der Waals surface area contributed by atoms with Crippen molar-refractivity contribution in [2.45, 2.75) is 0 Å². The van der Waals surface area contributed by atoms with Crippen LogP contribution in [0.15, 0.2) is 76.3 Å². The molecule has 0 bridgehead atoms. The summed E-state index contributed by atoms with van der Waals surface area (Å²) in [5.41, 5.74) is 3.17. The number of rotatable bonds is 7. The van der Waals surface area contributed by atoms with Gasteiger partial charge in [0.1, 0.15) is 11.5 Å². The third-order valence-corrected chi connectivity index (χ3v) is 4.90. The van der Waals surface area contributed by atoms with Crippen molar-refractivity contribution in [3.8, 4) is 11.5 Å². The smallest absolute Gasteiger partial charge is 0.343 e. The van der Waals surface area contributed by atoms with Crippen molar-refractivity contribution in [3.63, 3.8) is 0 Å². The molecule has 0 saturated heterocycles. The quantitative estimate of drug-likeness (QED) is 0.192. The van der Waals surface area contributed by atoms with E-state index in [4.69, 9.17) is 32.7 Å². The lowest BCUT2D eigenvalue weighted by Crippen LogP contribution is -2.24. The molecular formula is C22H15BrCl2N2O4. The normalized spacial score (nSPS) is 10.7. The third kappa shape index (κ3) is 6.82. The van der Waals surface area contributed by atoms with Crippen molar-refractivity contribution in [1.82, 2.24) is 5.43 Å². The summed E-state index contributed by atoms with van der Waals surface area (Å²) in [5.74, 6) is -0.364. The van der Waals surface area contributed by atoms with Gasteiger partial charge in [-0.3, -0.25) is 4.79 Å². The lowest BCUT2D eigenvalue weighted by molar-refractivity contribution is -0.123. The van der Waals surface area contributed by atoms with Gasteiger partial charge >= 0.3 is 5.97 Å². The summed E-state index contributed by atoms with van der Waals surface area (Å²) in [6.45, 7) is -0.266. The standard InChI is InChI=1S/C22H15BrCl2N2O4/c23-16-7-10-19(31-22(29)14-5-8-17(24)9-6-14)15(11-16)12-26-27-21(28)13-30-20-4-2-1-3-18(20)25/h1-12H,13H2,(H,27,28)/b26-12-. The fraction of sp³-hybridized carbons (Fsp3) is 0.0455. The minimum absolute atomic E-state index is 0.266. The van der Waals surface area contributed by atoms with Crippen LogP contribution in [0.2, 0.25) is 10.0 Å². The van der Waals surface area contributed by atoms with Crippen LogP contribution in [0.25, 0.3) is 0 Å². The van der Waals surface area contributed by atoms with Crippen LogP contribution in [0.1, 0.15) is 15.9 Å². The van der Waals surface area contributed by atoms with Crippen LogP contribution in [0.3, 0.4) is 0 Å². The molecule has 6 nitrogen and oxygen atoms in total. The Morgan fingerprint density at radius 3 is 2.48 bits per heavy atom. The van der Waals surface area contributed by atoms with Crippen molar-refractivity contribution < 1.29 is 19.1 Å². The molecule has 3 aromatic carbocycles. The van der Waals surface area contributed by atoms with E-state index in [0.717, 1.165) is 4.47 Å². The molecule has 158 valence electrons. The molecule has 0 aliphatic carbocycles. The third-order valence-electron chi connectivity index (χ3n) is 3.84. The van der Waals surface area contributed by atoms with Gasteiger partial charge in [0.2, 0.25) is 0 Å². The van der Waals surface area contributed by atoms with E-state index in [9.17, 15) is 9.59 Å². The molecule has 0 aliphatic heterocycles. The molecule has 9 heteroatoms. The summed E-state index contributed by atoms with van der Waals surface area (Å²) in [5, 5.41) is 4.82. The van der Waals surface area contributed by atoms with Crippen LogP contribution in [0.5, 0.6) is 11.5 Å². The van der Waals surface area contributed by atoms with Gasteiger partial charge in [-0.2, -0.15) is 5.10 Å². The fourth-order valence-corrected chi connectivity index (χ4v) is 3.06. The number of hydrazone groups is 1. The Morgan fingerprint density at radius 1 is 1.00 bits per heavy atom. The minimum Gasteiger partial charge on any atom is -0.482 e. The highest BCUT2D eigenvalue weighted by Gasteiger charge is 2.12. The Morgan fingerprint density at radius 2 is 1.74 bits per heavy atom. The molecule has 0 radical (unpaired) electrons. The second kappa shape index (κ2) is 10.9. The zero-order valence-electron chi connectivity index (χ0n) is 15.8. The highest BCUT2D eigenvalue weighted by Crippen LogP contribution is 2.24. The lowest BCUT2D eigenvalue weighted by atomic mass is 10.2. The second-order valence-corrected chi connectivity index (χ2v) is 7.85. The molecule has 0 heterocycles. The van der Waals surface area contributed by atoms with Crippen LogP contribution >= 0.6 is 39.1 Å². The number of nitrogens with one attached hydrogen (secondary N) is 1. The number of carbonyl (C=O) groups excluding carboxylic acids is 2. The van der Waals surface area contributed by atoms with Gasteiger partial charge in [-0.25, -0.2) is 10.2 Å². The first-order chi connectivity index (χ1) is 14.9. The van der Waals surface area contributed by atoms with E-state index in [2.05, 4.69) is 26.5 Å². The molecule has 3 aromatic rings. The summed E-state index contributed by atoms with van der Waals surface area (Å²) >= 11 is 15.2. The van der Waals surface area contributed by atoms with Crippen LogP contribution in [-0.2, 0) is 4.79 Å². The Kier molecular flexibility index (Phi) is 8.06. The second-order valence-electron chi connectivity index (χ2n) is 6.09. The van der Waals surface area contributed by atoms with Gasteiger partial charge in [0.05, 0.1) is 16.8 Å². The number of nitrogens with zero attached hydrogens (tertiary/aromatic N) is 1. The summed E-state index contributed by atoms with van der Waals surface area (Å²) in [6.07, 6.45) is 1.36. The van der Waals surface area contributed by atoms with Crippen molar-refractivity contribution in [2.75, 3.05) is 6.61 Å². The van der Waals surface area contributed by atoms with E-state index in [0.29, 0.717) is 26.9 Å². The van der Waals surface area contributed by atoms with Gasteiger partial charge in [-0.1, -0.05) is 51.3 Å². The number of esters is 1. The Balaban J connectivity index is 1.62. The lowest BCUT2D eigenvalue weighted by Gasteiger charge is -2.08. The van der Waals surface area contributed by atoms with E-state index >= 15 is 0 Å². The largest absolute Gasteiger partial charge is 0.482 e. The van der Waals surface area contributed by atoms with E-state index in [1.165, 1.54) is 6.21 Å². The van der Waals surface area contributed by atoms with Crippen LogP contribution in [-0.4, -0.2) is 24.7 Å². The minimum atomic E-state index is -0.550. The molecule has 0 unspecified atom stereocenters. The van der Waals surface area contributed by atoms with Gasteiger partial charge in [-0.05, 0) is 54.6 Å². The monoisotopic (exact) mass is 520 g/mol. The van der Waals surface area contributed by atoms with Crippen molar-refractivity contribution in [1.29, 1.82) is 0 Å². The topological polar surface area (TPSA) is 77.0 Å². The Hall–Kier alpha value is -2.87. The van der Waals surface area contributed by atoms with E-state index in [-0.39, 0.29) is 12.4 Å². The Labute approximate surface area is 196 Å². The highest BCUT2D eigenvalue weighted by atomic mass is 79.9. The molecule has 0 saturated carbocycles. The van der Waals surface area contributed by atoms with Gasteiger partial charge in [-0.15, -0.1) is 0 Å². The van der Waals surface area contributed by atoms with Gasteiger partial charge in [0.15, 0.2) is 6.61 Å². The molecular weight excluding hydrogens is 507 g/mol. The first-order valence-electron chi connectivity index (χ1n) is 8.89. The van der Waals surface area contributed by atoms with Crippen LogP contribution in [0.4, 0.5) is 0 Å². The number of hydrogen-bond donors (Lipinski definition) is 1. The summed E-state index contributed by atoms with van der Waals surface area (Å²) in [6, 6.07) is 18.2. The van der Waals surface area contributed by atoms with Crippen LogP contribution in [0, 0.1) is 0 Å². The number of benzene rings is 3. The van der Waals surface area contributed by atoms with E-state index in [1.54, 1.807) is 66.7 Å². The van der Waals surface area contributed by atoms with Crippen molar-refractivity contribution in [2.24, 2.45) is 5.10 Å². The number of halogens is 3. The van der Waals surface area contributed by atoms with Crippen molar-refractivity contribution in [3.05, 3.63) is 92.4 Å². The average molecular weight is 522 g/mol. The maximum Gasteiger partial charge on any atom is 0.343 e. The number of carbonyl (C=O) groups is 2. The van der Waals surface area contributed by atoms with E-state index < -0.39 is 11.9 Å². The van der Waals surface area contributed by atoms with E-state index in [1.807, 2.05) is 0 Å². The molecule has 31 heavy (non-hydrogen) atoms. The molecule has 0 fully saturated rings. The number of amides is 1. The average Bonchev–Trinajstić information content (AvgIpc) is 2.75. The molecule has 0 spiro atoms. The number of ether oxygens (including phenoxy) is 2. The SMILES string of the molecule is O=C(COc1ccccc1Cl)N/N=C\c1cc(Br)ccc1OC(=O)c1ccc(Cl)cc1. The zero-order valence-corrected chi connectivity index (χ0v) is 18.9. The Bertz CT molecular complexity index is 1120. The maximum absolute atomic E-state index is 12.4. The van der Waals surface area contributed by atoms with Crippen molar-refractivity contribution >= 4 is 57.2 Å². The summed E-state index contributed by atoms with van der Waals surface area (Å²) in [7, 11) is 0. The molecule has 0 aliphatic rings. The zero-order chi connectivity index (χ0) is 22.2. The van der Waals surface area contributed by atoms with Gasteiger partial charge in [0, 0.05) is 15.1 Å². The molecule has 3 rings (SSSR count). The summed E-state index contributed by atoms with van der Waals surface area (Å²) < 4.78 is 11.6. The fourth-order valence-electron chi connectivity index (χ4n) is 2.37. The summed E-state index contributed by atoms with van der Waals surface area (Å²) in [4.78, 5) is 24.3. The highest BCUT2D eigenvalue weighted by molar-refractivity contribution is 9.10. The van der Waals surface area contributed by atoms with Gasteiger partial charge < -0.3 is 9.47 Å². The van der Waals surface area contributed by atoms with Gasteiger partial charge in [0.25, 0.3) is 5.91 Å². The first-order valence-corrected chi connectivity index (χ1v) is 10.4. The molecule has 0 atom stereocenters. The number of para-hydroxylation sites is 1. The first kappa shape index (κ1) is 22.8. The molecule has 0 aromatic heterocycles. The number of hydrogen-bond acceptors (Lipinski definition) is 5. The molecule has 1 amide bonds. The van der Waals surface area contributed by atoms with Crippen LogP contribution < -0.4 is 14.9 Å².